The highest BCUT2D eigenvalue weighted by molar-refractivity contribution is 14.1. The van der Waals surface area contributed by atoms with Crippen LogP contribution < -0.4 is 10.5 Å². The van der Waals surface area contributed by atoms with Gasteiger partial charge in [0.1, 0.15) is 11.5 Å². The fourth-order valence-corrected chi connectivity index (χ4v) is 2.98. The number of halogens is 1. The number of ether oxygens (including phenoxy) is 1. The molecule has 2 aromatic rings. The van der Waals surface area contributed by atoms with Crippen LogP contribution in [0.3, 0.4) is 0 Å². The predicted octanol–water partition coefficient (Wildman–Crippen LogP) is 3.66. The van der Waals surface area contributed by atoms with Gasteiger partial charge in [-0.15, -0.1) is 0 Å². The van der Waals surface area contributed by atoms with E-state index < -0.39 is 0 Å². The van der Waals surface area contributed by atoms with E-state index in [0.29, 0.717) is 11.4 Å². The van der Waals surface area contributed by atoms with Gasteiger partial charge >= 0.3 is 0 Å². The lowest BCUT2D eigenvalue weighted by Crippen LogP contribution is -2.27. The Hall–Kier alpha value is -1.76. The molecule has 4 nitrogen and oxygen atoms in total. The summed E-state index contributed by atoms with van der Waals surface area (Å²) >= 11 is 2.05. The lowest BCUT2D eigenvalue weighted by Gasteiger charge is -2.32. The van der Waals surface area contributed by atoms with Crippen LogP contribution >= 0.6 is 22.9 Å². The summed E-state index contributed by atoms with van der Waals surface area (Å²) in [5, 5.41) is 0. The van der Waals surface area contributed by atoms with Crippen molar-refractivity contribution in [3.05, 3.63) is 53.6 Å². The molecule has 1 heterocycles. The van der Waals surface area contributed by atoms with E-state index in [1.807, 2.05) is 36.4 Å². The van der Waals surface area contributed by atoms with Gasteiger partial charge < -0.3 is 10.5 Å². The molecule has 1 unspecified atom stereocenters. The summed E-state index contributed by atoms with van der Waals surface area (Å²) < 4.78 is 7.59. The molecule has 102 valence electrons. The average Bonchev–Trinajstić information content (AvgIpc) is 2.43. The highest BCUT2D eigenvalue weighted by atomic mass is 127. The molecule has 0 saturated heterocycles. The molecule has 1 aliphatic rings. The fourth-order valence-electron chi connectivity index (χ4n) is 2.38. The van der Waals surface area contributed by atoms with E-state index in [9.17, 15) is 4.79 Å². The number of anilines is 1. The van der Waals surface area contributed by atoms with Crippen LogP contribution in [0, 0.1) is 0 Å². The van der Waals surface area contributed by atoms with E-state index >= 15 is 0 Å². The maximum absolute atomic E-state index is 11.8. The third-order valence-electron chi connectivity index (χ3n) is 3.29. The second kappa shape index (κ2) is 4.97. The van der Waals surface area contributed by atoms with Crippen molar-refractivity contribution in [2.75, 3.05) is 5.73 Å². The van der Waals surface area contributed by atoms with E-state index in [4.69, 9.17) is 10.5 Å². The van der Waals surface area contributed by atoms with Gasteiger partial charge in [0.15, 0.2) is 0 Å². The normalized spacial score (nSPS) is 15.8. The number of hydrogen-bond acceptors (Lipinski definition) is 3. The minimum absolute atomic E-state index is 0.00456. The molecule has 1 amide bonds. The summed E-state index contributed by atoms with van der Waals surface area (Å²) in [7, 11) is 0. The summed E-state index contributed by atoms with van der Waals surface area (Å²) in [5.41, 5.74) is 8.39. The van der Waals surface area contributed by atoms with Crippen LogP contribution in [0.15, 0.2) is 42.5 Å². The van der Waals surface area contributed by atoms with Gasteiger partial charge in [-0.25, -0.2) is 0 Å². The summed E-state index contributed by atoms with van der Waals surface area (Å²) in [4.78, 5) is 11.8. The number of nitrogen functional groups attached to an aromatic ring is 1. The third kappa shape index (κ3) is 2.11. The van der Waals surface area contributed by atoms with Crippen LogP contribution in [0.4, 0.5) is 5.69 Å². The first-order valence-electron chi connectivity index (χ1n) is 6.19. The first kappa shape index (κ1) is 13.2. The molecule has 2 aromatic carbocycles. The van der Waals surface area contributed by atoms with Crippen molar-refractivity contribution in [1.82, 2.24) is 3.11 Å². The van der Waals surface area contributed by atoms with Gasteiger partial charge in [-0.3, -0.25) is 7.91 Å². The van der Waals surface area contributed by atoms with E-state index in [1.165, 1.54) is 0 Å². The number of nitrogens with zero attached hydrogens (tertiary/aromatic N) is 1. The third-order valence-corrected chi connectivity index (χ3v) is 4.53. The van der Waals surface area contributed by atoms with Crippen molar-refractivity contribution in [2.24, 2.45) is 0 Å². The number of para-hydroxylation sites is 1. The number of nitrogens with two attached hydrogens (primary N) is 1. The molecule has 20 heavy (non-hydrogen) atoms. The molecule has 0 spiro atoms. The molecular weight excluding hydrogens is 367 g/mol. The molecule has 1 atom stereocenters. The minimum Gasteiger partial charge on any atom is -0.457 e. The van der Waals surface area contributed by atoms with E-state index in [2.05, 4.69) is 22.9 Å². The number of fused-ring (bicyclic) bond motifs is 2. The molecule has 0 fully saturated rings. The van der Waals surface area contributed by atoms with Gasteiger partial charge in [-0.05, 0) is 12.1 Å². The Kier molecular flexibility index (Phi) is 3.29. The Balaban J connectivity index is 2.20. The van der Waals surface area contributed by atoms with Gasteiger partial charge in [0, 0.05) is 29.8 Å². The molecule has 3 rings (SSSR count). The standard InChI is InChI=1S/C15H13IN2O2/c1-9(19)18(16)15-11-4-2-3-5-13(11)20-14-8-10(17)6-7-12(14)15/h2-8,15H,17H2,1H3. The smallest absolute Gasteiger partial charge is 0.228 e. The summed E-state index contributed by atoms with van der Waals surface area (Å²) in [5.74, 6) is 1.46. The Morgan fingerprint density at radius 3 is 2.65 bits per heavy atom. The molecular formula is C15H13IN2O2. The van der Waals surface area contributed by atoms with Gasteiger partial charge in [-0.2, -0.15) is 0 Å². The maximum Gasteiger partial charge on any atom is 0.228 e. The fraction of sp³-hybridized carbons (Fsp3) is 0.133. The van der Waals surface area contributed by atoms with E-state index in [-0.39, 0.29) is 11.9 Å². The first-order chi connectivity index (χ1) is 9.58. The van der Waals surface area contributed by atoms with Crippen molar-refractivity contribution in [3.8, 4) is 11.5 Å². The van der Waals surface area contributed by atoms with Gasteiger partial charge in [0.25, 0.3) is 0 Å². The molecule has 0 bridgehead atoms. The second-order valence-corrected chi connectivity index (χ2v) is 5.71. The number of hydrogen-bond donors (Lipinski definition) is 1. The number of carbonyl (C=O) groups is 1. The molecule has 0 radical (unpaired) electrons. The van der Waals surface area contributed by atoms with Crippen LogP contribution in [-0.2, 0) is 4.79 Å². The highest BCUT2D eigenvalue weighted by Crippen LogP contribution is 2.47. The molecule has 0 aliphatic carbocycles. The summed E-state index contributed by atoms with van der Waals surface area (Å²) in [6.45, 7) is 1.56. The van der Waals surface area contributed by atoms with Crippen LogP contribution in [0.5, 0.6) is 11.5 Å². The number of rotatable bonds is 1. The first-order valence-corrected chi connectivity index (χ1v) is 7.16. The molecule has 5 heteroatoms. The van der Waals surface area contributed by atoms with Crippen molar-refractivity contribution >= 4 is 34.5 Å². The number of amides is 1. The van der Waals surface area contributed by atoms with Crippen molar-refractivity contribution in [3.63, 3.8) is 0 Å². The molecule has 0 aromatic heterocycles. The monoisotopic (exact) mass is 380 g/mol. The molecule has 0 saturated carbocycles. The Bertz CT molecular complexity index is 687. The lowest BCUT2D eigenvalue weighted by molar-refractivity contribution is -0.123. The zero-order valence-corrected chi connectivity index (χ0v) is 13.0. The quantitative estimate of drug-likeness (QED) is 0.467. The van der Waals surface area contributed by atoms with Crippen molar-refractivity contribution < 1.29 is 9.53 Å². The summed E-state index contributed by atoms with van der Waals surface area (Å²) in [6.07, 6.45) is 0. The largest absolute Gasteiger partial charge is 0.457 e. The topological polar surface area (TPSA) is 55.6 Å². The Morgan fingerprint density at radius 2 is 1.90 bits per heavy atom. The van der Waals surface area contributed by atoms with Crippen LogP contribution in [0.2, 0.25) is 0 Å². The predicted molar refractivity (Wildman–Crippen MR) is 85.8 cm³/mol. The molecule has 1 aliphatic heterocycles. The second-order valence-electron chi connectivity index (χ2n) is 4.67. The zero-order chi connectivity index (χ0) is 14.3. The van der Waals surface area contributed by atoms with Crippen molar-refractivity contribution in [2.45, 2.75) is 13.0 Å². The van der Waals surface area contributed by atoms with Crippen LogP contribution in [0.1, 0.15) is 24.1 Å². The SMILES string of the molecule is CC(=O)N(I)C1c2ccccc2Oc2cc(N)ccc21. The Morgan fingerprint density at radius 1 is 1.20 bits per heavy atom. The van der Waals surface area contributed by atoms with Crippen molar-refractivity contribution in [1.29, 1.82) is 0 Å². The van der Waals surface area contributed by atoms with Gasteiger partial charge in [0.05, 0.1) is 28.9 Å². The molecule has 2 N–H and O–H groups in total. The summed E-state index contributed by atoms with van der Waals surface area (Å²) in [6, 6.07) is 13.1. The lowest BCUT2D eigenvalue weighted by atomic mass is 9.94. The van der Waals surface area contributed by atoms with Crippen LogP contribution in [0.25, 0.3) is 0 Å². The highest BCUT2D eigenvalue weighted by Gasteiger charge is 2.32. The Labute approximate surface area is 131 Å². The maximum atomic E-state index is 11.8. The zero-order valence-electron chi connectivity index (χ0n) is 10.8. The van der Waals surface area contributed by atoms with Gasteiger partial charge in [0.2, 0.25) is 5.91 Å². The number of carbonyl (C=O) groups excluding carboxylic acids is 1. The van der Waals surface area contributed by atoms with Crippen LogP contribution in [-0.4, -0.2) is 9.02 Å². The van der Waals surface area contributed by atoms with Gasteiger partial charge in [-0.1, -0.05) is 24.3 Å². The van der Waals surface area contributed by atoms with E-state index in [0.717, 1.165) is 16.9 Å². The number of benzene rings is 2. The minimum atomic E-state index is -0.159. The van der Waals surface area contributed by atoms with E-state index in [1.54, 1.807) is 16.1 Å². The average molecular weight is 380 g/mol.